The van der Waals surface area contributed by atoms with E-state index in [1.165, 1.54) is 11.3 Å². The molecule has 0 aliphatic rings. The molecular formula is C14H27N. The molecule has 1 nitrogen and oxygen atoms in total. The summed E-state index contributed by atoms with van der Waals surface area (Å²) >= 11 is 0. The lowest BCUT2D eigenvalue weighted by atomic mass is 10.2. The number of aryl methyl sites for hydroxylation is 1. The second-order valence-electron chi connectivity index (χ2n) is 2.85. The van der Waals surface area contributed by atoms with Crippen LogP contribution >= 0.6 is 0 Å². The zero-order valence-corrected chi connectivity index (χ0v) is 11.5. The van der Waals surface area contributed by atoms with Crippen LogP contribution in [0.25, 0.3) is 0 Å². The first kappa shape index (κ1) is 16.4. The average Bonchev–Trinajstić information content (AvgIpc) is 2.34. The van der Waals surface area contributed by atoms with Crippen molar-refractivity contribution in [3.8, 4) is 0 Å². The van der Waals surface area contributed by atoms with Crippen molar-refractivity contribution in [2.75, 3.05) is 18.5 Å². The molecule has 1 aromatic carbocycles. The fourth-order valence-corrected chi connectivity index (χ4v) is 0.982. The SMILES string of the molecule is CC.CC.CCN(C)c1ccc(C)cc1. The van der Waals surface area contributed by atoms with Gasteiger partial charge in [0.25, 0.3) is 0 Å². The molecule has 0 bridgehead atoms. The van der Waals surface area contributed by atoms with E-state index < -0.39 is 0 Å². The van der Waals surface area contributed by atoms with Crippen molar-refractivity contribution in [3.05, 3.63) is 29.8 Å². The average molecular weight is 209 g/mol. The summed E-state index contributed by atoms with van der Waals surface area (Å²) in [6.07, 6.45) is 0. The monoisotopic (exact) mass is 209 g/mol. The van der Waals surface area contributed by atoms with Crippen molar-refractivity contribution in [1.82, 2.24) is 0 Å². The maximum absolute atomic E-state index is 2.22. The molecule has 1 rings (SSSR count). The Morgan fingerprint density at radius 2 is 1.33 bits per heavy atom. The van der Waals surface area contributed by atoms with Crippen LogP contribution in [0, 0.1) is 6.92 Å². The van der Waals surface area contributed by atoms with Gasteiger partial charge in [0.05, 0.1) is 0 Å². The van der Waals surface area contributed by atoms with Crippen LogP contribution < -0.4 is 4.90 Å². The highest BCUT2D eigenvalue weighted by molar-refractivity contribution is 5.46. The highest BCUT2D eigenvalue weighted by atomic mass is 15.1. The van der Waals surface area contributed by atoms with E-state index in [0.717, 1.165) is 6.54 Å². The molecule has 88 valence electrons. The molecular weight excluding hydrogens is 182 g/mol. The first-order chi connectivity index (χ1) is 7.24. The maximum Gasteiger partial charge on any atom is 0.0363 e. The molecule has 15 heavy (non-hydrogen) atoms. The normalized spacial score (nSPS) is 7.93. The molecule has 0 spiro atoms. The van der Waals surface area contributed by atoms with Crippen LogP contribution in [0.3, 0.4) is 0 Å². The number of rotatable bonds is 2. The standard InChI is InChI=1S/C10H15N.2C2H6/c1-4-11(3)10-7-5-9(2)6-8-10;2*1-2/h5-8H,4H2,1-3H3;2*1-2H3. The molecule has 1 heteroatoms. The highest BCUT2D eigenvalue weighted by Crippen LogP contribution is 2.12. The lowest BCUT2D eigenvalue weighted by Gasteiger charge is -2.16. The topological polar surface area (TPSA) is 3.24 Å². The number of hydrogen-bond donors (Lipinski definition) is 0. The van der Waals surface area contributed by atoms with Gasteiger partial charge in [0.2, 0.25) is 0 Å². The Bertz CT molecular complexity index is 213. The summed E-state index contributed by atoms with van der Waals surface area (Å²) in [7, 11) is 2.10. The van der Waals surface area contributed by atoms with Gasteiger partial charge in [-0.15, -0.1) is 0 Å². The molecule has 0 aliphatic carbocycles. The minimum Gasteiger partial charge on any atom is -0.375 e. The Hall–Kier alpha value is -0.980. The second kappa shape index (κ2) is 11.1. The molecule has 0 atom stereocenters. The van der Waals surface area contributed by atoms with Gasteiger partial charge in [-0.3, -0.25) is 0 Å². The van der Waals surface area contributed by atoms with Crippen molar-refractivity contribution in [3.63, 3.8) is 0 Å². The third-order valence-corrected chi connectivity index (χ3v) is 1.95. The van der Waals surface area contributed by atoms with E-state index in [-0.39, 0.29) is 0 Å². The summed E-state index contributed by atoms with van der Waals surface area (Å²) in [4.78, 5) is 2.22. The third-order valence-electron chi connectivity index (χ3n) is 1.95. The van der Waals surface area contributed by atoms with Crippen LogP contribution in [0.2, 0.25) is 0 Å². The largest absolute Gasteiger partial charge is 0.375 e. The first-order valence-corrected chi connectivity index (χ1v) is 6.02. The summed E-state index contributed by atoms with van der Waals surface area (Å²) in [5, 5.41) is 0. The van der Waals surface area contributed by atoms with E-state index >= 15 is 0 Å². The molecule has 0 unspecified atom stereocenters. The molecule has 0 aliphatic heterocycles. The van der Waals surface area contributed by atoms with Crippen molar-refractivity contribution in [2.24, 2.45) is 0 Å². The Morgan fingerprint density at radius 3 is 1.67 bits per heavy atom. The Labute approximate surface area is 96.1 Å². The molecule has 0 heterocycles. The second-order valence-corrected chi connectivity index (χ2v) is 2.85. The van der Waals surface area contributed by atoms with E-state index in [1.807, 2.05) is 27.7 Å². The van der Waals surface area contributed by atoms with Crippen LogP contribution in [0.4, 0.5) is 5.69 Å². The van der Waals surface area contributed by atoms with Crippen LogP contribution in [-0.4, -0.2) is 13.6 Å². The fourth-order valence-electron chi connectivity index (χ4n) is 0.982. The summed E-state index contributed by atoms with van der Waals surface area (Å²) in [5.74, 6) is 0. The smallest absolute Gasteiger partial charge is 0.0363 e. The van der Waals surface area contributed by atoms with Crippen molar-refractivity contribution in [2.45, 2.75) is 41.5 Å². The van der Waals surface area contributed by atoms with E-state index in [2.05, 4.69) is 50.1 Å². The van der Waals surface area contributed by atoms with Gasteiger partial charge >= 0.3 is 0 Å². The lowest BCUT2D eigenvalue weighted by molar-refractivity contribution is 0.968. The van der Waals surface area contributed by atoms with Crippen LogP contribution in [0.15, 0.2) is 24.3 Å². The van der Waals surface area contributed by atoms with Gasteiger partial charge in [0.15, 0.2) is 0 Å². The van der Waals surface area contributed by atoms with Crippen LogP contribution in [-0.2, 0) is 0 Å². The summed E-state index contributed by atoms with van der Waals surface area (Å²) in [5.41, 5.74) is 2.61. The van der Waals surface area contributed by atoms with Gasteiger partial charge < -0.3 is 4.90 Å². The minimum absolute atomic E-state index is 1.06. The number of hydrogen-bond acceptors (Lipinski definition) is 1. The molecule has 0 amide bonds. The van der Waals surface area contributed by atoms with Gasteiger partial charge in [-0.2, -0.15) is 0 Å². The van der Waals surface area contributed by atoms with E-state index in [1.54, 1.807) is 0 Å². The zero-order chi connectivity index (χ0) is 12.3. The maximum atomic E-state index is 2.22. The molecule has 1 aromatic rings. The minimum atomic E-state index is 1.06. The van der Waals surface area contributed by atoms with Crippen LogP contribution in [0.1, 0.15) is 40.2 Å². The number of benzene rings is 1. The lowest BCUT2D eigenvalue weighted by Crippen LogP contribution is -2.15. The van der Waals surface area contributed by atoms with Crippen molar-refractivity contribution in [1.29, 1.82) is 0 Å². The van der Waals surface area contributed by atoms with Gasteiger partial charge in [0.1, 0.15) is 0 Å². The Kier molecular flexibility index (Phi) is 12.2. The van der Waals surface area contributed by atoms with E-state index in [4.69, 9.17) is 0 Å². The van der Waals surface area contributed by atoms with Gasteiger partial charge in [0, 0.05) is 19.3 Å². The first-order valence-electron chi connectivity index (χ1n) is 6.02. The van der Waals surface area contributed by atoms with Gasteiger partial charge in [-0.1, -0.05) is 45.4 Å². The van der Waals surface area contributed by atoms with Crippen molar-refractivity contribution >= 4 is 5.69 Å². The predicted octanol–water partition coefficient (Wildman–Crippen LogP) is 4.50. The molecule has 0 saturated heterocycles. The summed E-state index contributed by atoms with van der Waals surface area (Å²) < 4.78 is 0. The van der Waals surface area contributed by atoms with E-state index in [9.17, 15) is 0 Å². The van der Waals surface area contributed by atoms with Crippen LogP contribution in [0.5, 0.6) is 0 Å². The summed E-state index contributed by atoms with van der Waals surface area (Å²) in [6, 6.07) is 8.58. The molecule has 0 radical (unpaired) electrons. The van der Waals surface area contributed by atoms with E-state index in [0.29, 0.717) is 0 Å². The quantitative estimate of drug-likeness (QED) is 0.693. The molecule has 0 fully saturated rings. The summed E-state index contributed by atoms with van der Waals surface area (Å²) in [6.45, 7) is 13.3. The zero-order valence-electron chi connectivity index (χ0n) is 11.5. The Morgan fingerprint density at radius 1 is 0.933 bits per heavy atom. The number of nitrogens with zero attached hydrogens (tertiary/aromatic N) is 1. The van der Waals surface area contributed by atoms with Crippen molar-refractivity contribution < 1.29 is 0 Å². The Balaban J connectivity index is 0. The predicted molar refractivity (Wildman–Crippen MR) is 72.8 cm³/mol. The molecule has 0 aromatic heterocycles. The molecule has 0 N–H and O–H groups in total. The number of anilines is 1. The highest BCUT2D eigenvalue weighted by Gasteiger charge is 1.94. The molecule has 0 saturated carbocycles. The third kappa shape index (κ3) is 7.01. The van der Waals surface area contributed by atoms with Gasteiger partial charge in [-0.25, -0.2) is 0 Å². The van der Waals surface area contributed by atoms with Gasteiger partial charge in [-0.05, 0) is 26.0 Å². The fraction of sp³-hybridized carbons (Fsp3) is 0.571.